The molecule has 2 N–H and O–H groups in total. The molecule has 8 heteroatoms. The highest BCUT2D eigenvalue weighted by molar-refractivity contribution is 6.15. The molecule has 0 spiro atoms. The molecule has 1 aliphatic heterocycles. The van der Waals surface area contributed by atoms with E-state index in [-0.39, 0.29) is 6.04 Å². The van der Waals surface area contributed by atoms with Crippen LogP contribution in [0.2, 0.25) is 0 Å². The van der Waals surface area contributed by atoms with Crippen molar-refractivity contribution in [2.75, 3.05) is 25.0 Å². The van der Waals surface area contributed by atoms with Crippen LogP contribution in [-0.4, -0.2) is 36.1 Å². The zero-order chi connectivity index (χ0) is 21.4. The van der Waals surface area contributed by atoms with Crippen molar-refractivity contribution < 1.29 is 14.0 Å². The SMILES string of the molecule is COc1cc2c(cc1OC)C(c1ccc(N)c(C)c1)=NN(c1noc(C)n1)[C@H](C)C2. The molecule has 0 radical (unpaired) electrons. The molecule has 0 fully saturated rings. The summed E-state index contributed by atoms with van der Waals surface area (Å²) in [6, 6.07) is 9.86. The van der Waals surface area contributed by atoms with Crippen molar-refractivity contribution in [2.45, 2.75) is 33.2 Å². The van der Waals surface area contributed by atoms with Crippen LogP contribution in [0, 0.1) is 13.8 Å². The Hall–Kier alpha value is -3.55. The average Bonchev–Trinajstić information content (AvgIpc) is 3.10. The molecular formula is C22H25N5O3. The third kappa shape index (κ3) is 3.45. The maximum Gasteiger partial charge on any atom is 0.286 e. The Balaban J connectivity index is 1.96. The Bertz CT molecular complexity index is 1120. The van der Waals surface area contributed by atoms with E-state index < -0.39 is 0 Å². The number of nitrogens with two attached hydrogens (primary N) is 1. The van der Waals surface area contributed by atoms with E-state index >= 15 is 0 Å². The Kier molecular flexibility index (Phi) is 5.07. The van der Waals surface area contributed by atoms with E-state index in [1.165, 1.54) is 0 Å². The van der Waals surface area contributed by atoms with Crippen molar-refractivity contribution in [3.63, 3.8) is 0 Å². The zero-order valence-corrected chi connectivity index (χ0v) is 17.8. The number of fused-ring (bicyclic) bond motifs is 1. The van der Waals surface area contributed by atoms with Crippen LogP contribution in [0.5, 0.6) is 11.5 Å². The Labute approximate surface area is 175 Å². The van der Waals surface area contributed by atoms with Crippen LogP contribution in [-0.2, 0) is 6.42 Å². The fourth-order valence-corrected chi connectivity index (χ4v) is 3.63. The second-order valence-electron chi connectivity index (χ2n) is 7.40. The van der Waals surface area contributed by atoms with Gasteiger partial charge >= 0.3 is 0 Å². The van der Waals surface area contributed by atoms with Crippen LogP contribution in [0.25, 0.3) is 0 Å². The first-order valence-electron chi connectivity index (χ1n) is 9.71. The van der Waals surface area contributed by atoms with E-state index in [0.717, 1.165) is 33.7 Å². The van der Waals surface area contributed by atoms with Gasteiger partial charge in [-0.25, -0.2) is 5.01 Å². The minimum Gasteiger partial charge on any atom is -0.493 e. The van der Waals surface area contributed by atoms with Gasteiger partial charge in [0, 0.05) is 23.7 Å². The molecule has 0 saturated carbocycles. The van der Waals surface area contributed by atoms with Gasteiger partial charge in [-0.15, -0.1) is 0 Å². The minimum atomic E-state index is -0.00812. The number of nitrogens with zero attached hydrogens (tertiary/aromatic N) is 4. The first-order valence-corrected chi connectivity index (χ1v) is 9.71. The van der Waals surface area contributed by atoms with E-state index in [2.05, 4.69) is 17.1 Å². The highest BCUT2D eigenvalue weighted by Crippen LogP contribution is 2.35. The largest absolute Gasteiger partial charge is 0.493 e. The zero-order valence-electron chi connectivity index (χ0n) is 17.8. The van der Waals surface area contributed by atoms with Gasteiger partial charge in [0.15, 0.2) is 11.5 Å². The molecule has 0 saturated heterocycles. The topological polar surface area (TPSA) is 99.0 Å². The predicted molar refractivity (Wildman–Crippen MR) is 115 cm³/mol. The van der Waals surface area contributed by atoms with Gasteiger partial charge in [-0.2, -0.15) is 10.1 Å². The highest BCUT2D eigenvalue weighted by Gasteiger charge is 2.28. The summed E-state index contributed by atoms with van der Waals surface area (Å²) in [7, 11) is 3.26. The molecule has 3 aromatic rings. The number of hydrazone groups is 1. The maximum atomic E-state index is 6.05. The number of hydrogen-bond donors (Lipinski definition) is 1. The first-order chi connectivity index (χ1) is 14.4. The highest BCUT2D eigenvalue weighted by atomic mass is 16.5. The van der Waals surface area contributed by atoms with E-state index in [0.29, 0.717) is 29.8 Å². The lowest BCUT2D eigenvalue weighted by atomic mass is 9.93. The smallest absolute Gasteiger partial charge is 0.286 e. The lowest BCUT2D eigenvalue weighted by molar-refractivity contribution is 0.354. The van der Waals surface area contributed by atoms with Gasteiger partial charge in [0.25, 0.3) is 5.95 Å². The molecule has 1 aliphatic rings. The molecule has 0 aliphatic carbocycles. The van der Waals surface area contributed by atoms with Crippen molar-refractivity contribution in [1.82, 2.24) is 10.1 Å². The molecule has 0 bridgehead atoms. The van der Waals surface area contributed by atoms with Crippen molar-refractivity contribution in [2.24, 2.45) is 5.10 Å². The summed E-state index contributed by atoms with van der Waals surface area (Å²) in [4.78, 5) is 4.39. The van der Waals surface area contributed by atoms with E-state index in [4.69, 9.17) is 24.8 Å². The fourth-order valence-electron chi connectivity index (χ4n) is 3.63. The Morgan fingerprint density at radius 2 is 1.83 bits per heavy atom. The second-order valence-corrected chi connectivity index (χ2v) is 7.40. The number of hydrogen-bond acceptors (Lipinski definition) is 8. The molecule has 8 nitrogen and oxygen atoms in total. The van der Waals surface area contributed by atoms with Crippen LogP contribution < -0.4 is 20.2 Å². The maximum absolute atomic E-state index is 6.05. The Morgan fingerprint density at radius 3 is 2.47 bits per heavy atom. The van der Waals surface area contributed by atoms with Gasteiger partial charge in [0.1, 0.15) is 0 Å². The first kappa shape index (κ1) is 19.8. The summed E-state index contributed by atoms with van der Waals surface area (Å²) in [6.45, 7) is 5.82. The van der Waals surface area contributed by atoms with Crippen molar-refractivity contribution in [3.05, 3.63) is 58.5 Å². The van der Waals surface area contributed by atoms with Gasteiger partial charge in [0.2, 0.25) is 5.89 Å². The summed E-state index contributed by atoms with van der Waals surface area (Å²) in [5.41, 5.74) is 11.5. The minimum absolute atomic E-state index is 0.00812. The normalized spacial score (nSPS) is 16.0. The Morgan fingerprint density at radius 1 is 1.10 bits per heavy atom. The number of nitrogen functional groups attached to an aromatic ring is 1. The van der Waals surface area contributed by atoms with Crippen molar-refractivity contribution in [3.8, 4) is 11.5 Å². The van der Waals surface area contributed by atoms with Crippen LogP contribution in [0.3, 0.4) is 0 Å². The number of benzene rings is 2. The van der Waals surface area contributed by atoms with Gasteiger partial charge < -0.3 is 19.7 Å². The number of ether oxygens (including phenoxy) is 2. The van der Waals surface area contributed by atoms with Crippen molar-refractivity contribution >= 4 is 17.3 Å². The van der Waals surface area contributed by atoms with Crippen LogP contribution >= 0.6 is 0 Å². The molecule has 30 heavy (non-hydrogen) atoms. The molecule has 1 atom stereocenters. The molecule has 2 aromatic carbocycles. The van der Waals surface area contributed by atoms with Gasteiger partial charge in [-0.3, -0.25) is 0 Å². The van der Waals surface area contributed by atoms with Gasteiger partial charge in [0.05, 0.1) is 26.0 Å². The molecule has 156 valence electrons. The summed E-state index contributed by atoms with van der Waals surface area (Å²) >= 11 is 0. The number of aryl methyl sites for hydroxylation is 2. The standard InChI is InChI=1S/C22H25N5O3/c1-12-8-15(6-7-18(12)23)21-17-11-20(29-5)19(28-4)10-16(17)9-13(2)27(25-21)22-24-14(3)30-26-22/h6-8,10-11,13H,9,23H2,1-5H3/t13-/m1/s1. The monoisotopic (exact) mass is 407 g/mol. The predicted octanol–water partition coefficient (Wildman–Crippen LogP) is 3.49. The van der Waals surface area contributed by atoms with Crippen molar-refractivity contribution in [1.29, 1.82) is 0 Å². The summed E-state index contributed by atoms with van der Waals surface area (Å²) in [6.07, 6.45) is 0.713. The fraction of sp³-hybridized carbons (Fsp3) is 0.318. The molecular weight excluding hydrogens is 382 g/mol. The molecule has 0 amide bonds. The molecule has 0 unspecified atom stereocenters. The lowest BCUT2D eigenvalue weighted by Gasteiger charge is -2.21. The van der Waals surface area contributed by atoms with Gasteiger partial charge in [-0.1, -0.05) is 6.07 Å². The van der Waals surface area contributed by atoms with E-state index in [9.17, 15) is 0 Å². The summed E-state index contributed by atoms with van der Waals surface area (Å²) < 4.78 is 16.3. The van der Waals surface area contributed by atoms with Crippen LogP contribution in [0.4, 0.5) is 11.6 Å². The van der Waals surface area contributed by atoms with E-state index in [1.807, 2.05) is 37.3 Å². The third-order valence-corrected chi connectivity index (χ3v) is 5.27. The molecule has 1 aromatic heterocycles. The number of methoxy groups -OCH3 is 2. The van der Waals surface area contributed by atoms with Gasteiger partial charge in [-0.05, 0) is 60.8 Å². The van der Waals surface area contributed by atoms with Crippen LogP contribution in [0.1, 0.15) is 35.1 Å². The van der Waals surface area contributed by atoms with Crippen LogP contribution in [0.15, 0.2) is 40.0 Å². The second kappa shape index (κ2) is 7.70. The lowest BCUT2D eigenvalue weighted by Crippen LogP contribution is -2.30. The third-order valence-electron chi connectivity index (χ3n) is 5.27. The molecule has 2 heterocycles. The average molecular weight is 407 g/mol. The number of rotatable bonds is 4. The quantitative estimate of drug-likeness (QED) is 0.661. The van der Waals surface area contributed by atoms with E-state index in [1.54, 1.807) is 26.2 Å². The molecule has 4 rings (SSSR count). The summed E-state index contributed by atoms with van der Waals surface area (Å²) in [5.74, 6) is 2.24. The number of anilines is 2. The number of aromatic nitrogens is 2. The summed E-state index contributed by atoms with van der Waals surface area (Å²) in [5, 5.41) is 10.9.